The van der Waals surface area contributed by atoms with Gasteiger partial charge in [0, 0.05) is 18.8 Å². The van der Waals surface area contributed by atoms with E-state index in [-0.39, 0.29) is 0 Å². The minimum Gasteiger partial charge on any atom is -0.357 e. The average Bonchev–Trinajstić information content (AvgIpc) is 2.29. The molecule has 0 N–H and O–H groups in total. The van der Waals surface area contributed by atoms with Crippen LogP contribution in [0.3, 0.4) is 0 Å². The SMILES string of the molecule is Cc1cccc(N2CCC(C(C)C)CC2)n1. The van der Waals surface area contributed by atoms with Crippen LogP contribution in [0, 0.1) is 18.8 Å². The molecule has 2 nitrogen and oxygen atoms in total. The molecule has 1 saturated heterocycles. The third kappa shape index (κ3) is 2.55. The van der Waals surface area contributed by atoms with Crippen LogP contribution in [0.4, 0.5) is 5.82 Å². The molecule has 0 amide bonds. The van der Waals surface area contributed by atoms with Crippen LogP contribution >= 0.6 is 0 Å². The van der Waals surface area contributed by atoms with Crippen LogP contribution in [0.1, 0.15) is 32.4 Å². The van der Waals surface area contributed by atoms with E-state index in [1.807, 2.05) is 0 Å². The molecule has 2 heteroatoms. The van der Waals surface area contributed by atoms with Crippen molar-refractivity contribution in [3.63, 3.8) is 0 Å². The fraction of sp³-hybridized carbons (Fsp3) is 0.643. The number of aryl methyl sites for hydroxylation is 1. The molecule has 2 rings (SSSR count). The van der Waals surface area contributed by atoms with E-state index in [0.717, 1.165) is 23.3 Å². The number of nitrogens with zero attached hydrogens (tertiary/aromatic N) is 2. The number of hydrogen-bond acceptors (Lipinski definition) is 2. The molecule has 1 aromatic rings. The van der Waals surface area contributed by atoms with Crippen LogP contribution in [0.5, 0.6) is 0 Å². The molecule has 0 spiro atoms. The van der Waals surface area contributed by atoms with E-state index in [1.165, 1.54) is 25.9 Å². The summed E-state index contributed by atoms with van der Waals surface area (Å²) in [6.07, 6.45) is 2.63. The van der Waals surface area contributed by atoms with Crippen LogP contribution in [0.25, 0.3) is 0 Å². The van der Waals surface area contributed by atoms with Crippen LogP contribution in [0.2, 0.25) is 0 Å². The Kier molecular flexibility index (Phi) is 3.47. The van der Waals surface area contributed by atoms with Crippen molar-refractivity contribution >= 4 is 5.82 Å². The molecule has 0 unspecified atom stereocenters. The summed E-state index contributed by atoms with van der Waals surface area (Å²) < 4.78 is 0. The molecule has 0 atom stereocenters. The second-order valence-corrected chi connectivity index (χ2v) is 5.21. The van der Waals surface area contributed by atoms with Crippen molar-refractivity contribution in [2.24, 2.45) is 11.8 Å². The Hall–Kier alpha value is -1.05. The minimum atomic E-state index is 0.826. The Morgan fingerprint density at radius 3 is 2.50 bits per heavy atom. The third-order valence-electron chi connectivity index (χ3n) is 3.68. The number of rotatable bonds is 2. The van der Waals surface area contributed by atoms with Crippen molar-refractivity contribution < 1.29 is 0 Å². The number of piperidine rings is 1. The maximum Gasteiger partial charge on any atom is 0.128 e. The molecule has 0 aromatic carbocycles. The molecule has 1 aliphatic heterocycles. The van der Waals surface area contributed by atoms with Gasteiger partial charge in [0.15, 0.2) is 0 Å². The summed E-state index contributed by atoms with van der Waals surface area (Å²) in [5.74, 6) is 2.89. The topological polar surface area (TPSA) is 16.1 Å². The smallest absolute Gasteiger partial charge is 0.128 e. The Labute approximate surface area is 98.7 Å². The van der Waals surface area contributed by atoms with Crippen molar-refractivity contribution in [1.29, 1.82) is 0 Å². The lowest BCUT2D eigenvalue weighted by Crippen LogP contribution is -2.35. The van der Waals surface area contributed by atoms with E-state index in [1.54, 1.807) is 0 Å². The zero-order valence-corrected chi connectivity index (χ0v) is 10.6. The zero-order valence-electron chi connectivity index (χ0n) is 10.6. The molecule has 0 saturated carbocycles. The van der Waals surface area contributed by atoms with Crippen LogP contribution in [0.15, 0.2) is 18.2 Å². The maximum atomic E-state index is 4.59. The number of anilines is 1. The van der Waals surface area contributed by atoms with Crippen molar-refractivity contribution in [3.8, 4) is 0 Å². The van der Waals surface area contributed by atoms with E-state index in [0.29, 0.717) is 0 Å². The highest BCUT2D eigenvalue weighted by atomic mass is 15.2. The largest absolute Gasteiger partial charge is 0.357 e. The first-order chi connectivity index (χ1) is 7.66. The maximum absolute atomic E-state index is 4.59. The van der Waals surface area contributed by atoms with Gasteiger partial charge in [0.2, 0.25) is 0 Å². The lowest BCUT2D eigenvalue weighted by Gasteiger charge is -2.34. The van der Waals surface area contributed by atoms with Gasteiger partial charge in [-0.2, -0.15) is 0 Å². The Balaban J connectivity index is 1.99. The lowest BCUT2D eigenvalue weighted by molar-refractivity contribution is 0.310. The van der Waals surface area contributed by atoms with Gasteiger partial charge in [-0.05, 0) is 43.7 Å². The Morgan fingerprint density at radius 1 is 1.25 bits per heavy atom. The minimum absolute atomic E-state index is 0.826. The van der Waals surface area contributed by atoms with E-state index in [2.05, 4.69) is 48.9 Å². The highest BCUT2D eigenvalue weighted by molar-refractivity contribution is 5.39. The summed E-state index contributed by atoms with van der Waals surface area (Å²) in [4.78, 5) is 7.02. The molecule has 2 heterocycles. The molecule has 0 aliphatic carbocycles. The van der Waals surface area contributed by atoms with Gasteiger partial charge >= 0.3 is 0 Å². The average molecular weight is 218 g/mol. The molecule has 88 valence electrons. The normalized spacial score (nSPS) is 18.1. The van der Waals surface area contributed by atoms with E-state index < -0.39 is 0 Å². The fourth-order valence-corrected chi connectivity index (χ4v) is 2.50. The van der Waals surface area contributed by atoms with E-state index >= 15 is 0 Å². The molecular formula is C14H22N2. The summed E-state index contributed by atoms with van der Waals surface area (Å²) in [5, 5.41) is 0. The Morgan fingerprint density at radius 2 is 1.94 bits per heavy atom. The van der Waals surface area contributed by atoms with Gasteiger partial charge in [-0.15, -0.1) is 0 Å². The van der Waals surface area contributed by atoms with Crippen molar-refractivity contribution in [2.75, 3.05) is 18.0 Å². The molecule has 0 radical (unpaired) electrons. The molecular weight excluding hydrogens is 196 g/mol. The second-order valence-electron chi connectivity index (χ2n) is 5.21. The molecule has 16 heavy (non-hydrogen) atoms. The summed E-state index contributed by atoms with van der Waals surface area (Å²) in [5.41, 5.74) is 1.11. The first-order valence-corrected chi connectivity index (χ1v) is 6.35. The summed E-state index contributed by atoms with van der Waals surface area (Å²) in [6.45, 7) is 9.07. The van der Waals surface area contributed by atoms with Gasteiger partial charge < -0.3 is 4.90 Å². The quantitative estimate of drug-likeness (QED) is 0.757. The Bertz CT molecular complexity index is 338. The van der Waals surface area contributed by atoms with Gasteiger partial charge in [-0.25, -0.2) is 4.98 Å². The lowest BCUT2D eigenvalue weighted by atomic mass is 9.87. The first kappa shape index (κ1) is 11.4. The first-order valence-electron chi connectivity index (χ1n) is 6.35. The van der Waals surface area contributed by atoms with Gasteiger partial charge in [0.25, 0.3) is 0 Å². The number of aromatic nitrogens is 1. The molecule has 1 fully saturated rings. The van der Waals surface area contributed by atoms with Gasteiger partial charge in [0.1, 0.15) is 5.82 Å². The highest BCUT2D eigenvalue weighted by Gasteiger charge is 2.22. The number of pyridine rings is 1. The van der Waals surface area contributed by atoms with Gasteiger partial charge in [-0.3, -0.25) is 0 Å². The van der Waals surface area contributed by atoms with Crippen LogP contribution in [-0.2, 0) is 0 Å². The van der Waals surface area contributed by atoms with Crippen LogP contribution < -0.4 is 4.90 Å². The standard InChI is InChI=1S/C14H22N2/c1-11(2)13-7-9-16(10-8-13)14-6-4-5-12(3)15-14/h4-6,11,13H,7-10H2,1-3H3. The van der Waals surface area contributed by atoms with Crippen molar-refractivity contribution in [2.45, 2.75) is 33.6 Å². The van der Waals surface area contributed by atoms with Gasteiger partial charge in [-0.1, -0.05) is 19.9 Å². The van der Waals surface area contributed by atoms with Crippen LogP contribution in [-0.4, -0.2) is 18.1 Å². The number of hydrogen-bond donors (Lipinski definition) is 0. The van der Waals surface area contributed by atoms with E-state index in [9.17, 15) is 0 Å². The predicted octanol–water partition coefficient (Wildman–Crippen LogP) is 3.26. The molecule has 1 aliphatic rings. The predicted molar refractivity (Wildman–Crippen MR) is 68.7 cm³/mol. The third-order valence-corrected chi connectivity index (χ3v) is 3.68. The monoisotopic (exact) mass is 218 g/mol. The summed E-state index contributed by atoms with van der Waals surface area (Å²) in [6, 6.07) is 6.29. The van der Waals surface area contributed by atoms with Crippen molar-refractivity contribution in [1.82, 2.24) is 4.98 Å². The molecule has 0 bridgehead atoms. The summed E-state index contributed by atoms with van der Waals surface area (Å²) in [7, 11) is 0. The van der Waals surface area contributed by atoms with Crippen molar-refractivity contribution in [3.05, 3.63) is 23.9 Å². The zero-order chi connectivity index (χ0) is 11.5. The second kappa shape index (κ2) is 4.86. The van der Waals surface area contributed by atoms with E-state index in [4.69, 9.17) is 0 Å². The highest BCUT2D eigenvalue weighted by Crippen LogP contribution is 2.26. The summed E-state index contributed by atoms with van der Waals surface area (Å²) >= 11 is 0. The molecule has 1 aromatic heterocycles. The van der Waals surface area contributed by atoms with Gasteiger partial charge in [0.05, 0.1) is 0 Å². The fourth-order valence-electron chi connectivity index (χ4n) is 2.50.